The van der Waals surface area contributed by atoms with Crippen LogP contribution in [0.3, 0.4) is 0 Å². The number of alkyl halides is 3. The van der Waals surface area contributed by atoms with Crippen molar-refractivity contribution >= 4 is 29.9 Å². The Labute approximate surface area is 181 Å². The quantitative estimate of drug-likeness (QED) is 0.347. The van der Waals surface area contributed by atoms with Crippen LogP contribution in [0, 0.1) is 5.92 Å². The number of hydrogen-bond acceptors (Lipinski definition) is 4. The van der Waals surface area contributed by atoms with E-state index in [0.717, 1.165) is 18.7 Å². The van der Waals surface area contributed by atoms with Gasteiger partial charge < -0.3 is 15.4 Å². The Bertz CT molecular complexity index is 642. The van der Waals surface area contributed by atoms with E-state index in [1.165, 1.54) is 12.3 Å². The molecule has 2 atom stereocenters. The van der Waals surface area contributed by atoms with Gasteiger partial charge in [0.25, 0.3) is 0 Å². The molecule has 10 heteroatoms. The molecule has 0 bridgehead atoms. The van der Waals surface area contributed by atoms with E-state index >= 15 is 0 Å². The maximum absolute atomic E-state index is 12.3. The number of hydrogen-bond donors (Lipinski definition) is 2. The van der Waals surface area contributed by atoms with Gasteiger partial charge in [-0.3, -0.25) is 9.89 Å². The van der Waals surface area contributed by atoms with E-state index in [9.17, 15) is 13.2 Å². The number of aliphatic imine (C=N–C) groups is 1. The Morgan fingerprint density at radius 2 is 2.11 bits per heavy atom. The maximum Gasteiger partial charge on any atom is 0.422 e. The average Bonchev–Trinajstić information content (AvgIpc) is 2.97. The molecule has 1 aliphatic heterocycles. The van der Waals surface area contributed by atoms with Crippen LogP contribution in [0.25, 0.3) is 0 Å². The lowest BCUT2D eigenvalue weighted by Crippen LogP contribution is -2.46. The fourth-order valence-electron chi connectivity index (χ4n) is 2.96. The third-order valence-electron chi connectivity index (χ3n) is 4.56. The summed E-state index contributed by atoms with van der Waals surface area (Å²) in [6, 6.07) is 4.01. The molecule has 0 spiro atoms. The molecule has 1 aliphatic rings. The van der Waals surface area contributed by atoms with Crippen molar-refractivity contribution in [1.82, 2.24) is 20.5 Å². The van der Waals surface area contributed by atoms with Crippen LogP contribution in [0.2, 0.25) is 0 Å². The van der Waals surface area contributed by atoms with Gasteiger partial charge in [0.2, 0.25) is 5.88 Å². The molecule has 2 unspecified atom stereocenters. The minimum Gasteiger partial charge on any atom is -0.468 e. The van der Waals surface area contributed by atoms with Crippen molar-refractivity contribution in [1.29, 1.82) is 0 Å². The number of guanidine groups is 1. The first-order valence-electron chi connectivity index (χ1n) is 9.03. The summed E-state index contributed by atoms with van der Waals surface area (Å²) in [5.41, 5.74) is 0.758. The molecule has 1 saturated heterocycles. The Hall–Kier alpha value is -1.30. The van der Waals surface area contributed by atoms with Crippen LogP contribution in [0.5, 0.6) is 5.88 Å². The highest BCUT2D eigenvalue weighted by molar-refractivity contribution is 14.0. The van der Waals surface area contributed by atoms with Gasteiger partial charge in [-0.25, -0.2) is 4.98 Å². The third kappa shape index (κ3) is 7.98. The molecule has 28 heavy (non-hydrogen) atoms. The lowest BCUT2D eigenvalue weighted by Gasteiger charge is -2.22. The molecule has 0 radical (unpaired) electrons. The largest absolute Gasteiger partial charge is 0.468 e. The summed E-state index contributed by atoms with van der Waals surface area (Å²) in [4.78, 5) is 10.5. The van der Waals surface area contributed by atoms with Crippen LogP contribution in [-0.4, -0.2) is 60.8 Å². The topological polar surface area (TPSA) is 61.8 Å². The molecular formula is C18H29F3IN5O. The molecule has 6 nitrogen and oxygen atoms in total. The van der Waals surface area contributed by atoms with Gasteiger partial charge in [-0.1, -0.05) is 6.92 Å². The molecule has 0 amide bonds. The predicted octanol–water partition coefficient (Wildman–Crippen LogP) is 3.03. The number of nitrogens with zero attached hydrogens (tertiary/aromatic N) is 3. The number of ether oxygens (including phenoxy) is 1. The Morgan fingerprint density at radius 3 is 2.68 bits per heavy atom. The van der Waals surface area contributed by atoms with Gasteiger partial charge in [0, 0.05) is 51.0 Å². The summed E-state index contributed by atoms with van der Waals surface area (Å²) >= 11 is 0. The normalized spacial score (nSPS) is 20.8. The Kier molecular flexibility index (Phi) is 9.75. The van der Waals surface area contributed by atoms with Gasteiger partial charge in [0.05, 0.1) is 0 Å². The first kappa shape index (κ1) is 24.7. The fourth-order valence-corrected chi connectivity index (χ4v) is 2.96. The second kappa shape index (κ2) is 11.0. The zero-order chi connectivity index (χ0) is 20.0. The van der Waals surface area contributed by atoms with Gasteiger partial charge >= 0.3 is 6.18 Å². The summed E-state index contributed by atoms with van der Waals surface area (Å²) in [5, 5.41) is 6.62. The van der Waals surface area contributed by atoms with Crippen LogP contribution < -0.4 is 15.4 Å². The maximum atomic E-state index is 12.3. The SMILES string of the molecule is CN=C(NCc1ccnc(OCC(F)(F)F)c1)NC1CN(C(C)C)CC1C.I. The van der Waals surface area contributed by atoms with Crippen molar-refractivity contribution in [2.24, 2.45) is 10.9 Å². The molecule has 1 fully saturated rings. The van der Waals surface area contributed by atoms with Gasteiger partial charge in [-0.15, -0.1) is 24.0 Å². The molecule has 0 aliphatic carbocycles. The molecule has 1 aromatic heterocycles. The molecular weight excluding hydrogens is 486 g/mol. The van der Waals surface area contributed by atoms with Crippen LogP contribution in [0.1, 0.15) is 26.3 Å². The highest BCUT2D eigenvalue weighted by atomic mass is 127. The van der Waals surface area contributed by atoms with Gasteiger partial charge in [-0.05, 0) is 31.4 Å². The van der Waals surface area contributed by atoms with Gasteiger partial charge in [0.1, 0.15) is 0 Å². The predicted molar refractivity (Wildman–Crippen MR) is 114 cm³/mol. The highest BCUT2D eigenvalue weighted by Gasteiger charge is 2.31. The summed E-state index contributed by atoms with van der Waals surface area (Å²) in [7, 11) is 1.69. The van der Waals surface area contributed by atoms with E-state index < -0.39 is 12.8 Å². The molecule has 2 N–H and O–H groups in total. The summed E-state index contributed by atoms with van der Waals surface area (Å²) in [6.07, 6.45) is -2.96. The van der Waals surface area contributed by atoms with E-state index in [0.29, 0.717) is 30.5 Å². The zero-order valence-corrected chi connectivity index (χ0v) is 18.9. The molecule has 0 saturated carbocycles. The molecule has 2 rings (SSSR count). The third-order valence-corrected chi connectivity index (χ3v) is 4.56. The van der Waals surface area contributed by atoms with Gasteiger partial charge in [-0.2, -0.15) is 13.2 Å². The first-order valence-corrected chi connectivity index (χ1v) is 9.03. The summed E-state index contributed by atoms with van der Waals surface area (Å²) < 4.78 is 41.4. The molecule has 0 aromatic carbocycles. The van der Waals surface area contributed by atoms with Crippen molar-refractivity contribution < 1.29 is 17.9 Å². The van der Waals surface area contributed by atoms with Crippen LogP contribution in [-0.2, 0) is 6.54 Å². The average molecular weight is 515 g/mol. The second-order valence-electron chi connectivity index (χ2n) is 7.11. The number of pyridine rings is 1. The summed E-state index contributed by atoms with van der Waals surface area (Å²) in [5.74, 6) is 1.10. The lowest BCUT2D eigenvalue weighted by atomic mass is 10.1. The Morgan fingerprint density at radius 1 is 1.39 bits per heavy atom. The minimum absolute atomic E-state index is 0. The number of likely N-dealkylation sites (tertiary alicyclic amines) is 1. The van der Waals surface area contributed by atoms with E-state index in [1.54, 1.807) is 13.1 Å². The monoisotopic (exact) mass is 515 g/mol. The Balaban J connectivity index is 0.00000392. The second-order valence-corrected chi connectivity index (χ2v) is 7.11. The lowest BCUT2D eigenvalue weighted by molar-refractivity contribution is -0.154. The fraction of sp³-hybridized carbons (Fsp3) is 0.667. The van der Waals surface area contributed by atoms with Crippen molar-refractivity contribution in [3.63, 3.8) is 0 Å². The number of halogens is 4. The van der Waals surface area contributed by atoms with Crippen LogP contribution >= 0.6 is 24.0 Å². The summed E-state index contributed by atoms with van der Waals surface area (Å²) in [6.45, 7) is 7.61. The molecule has 2 heterocycles. The zero-order valence-electron chi connectivity index (χ0n) is 16.6. The number of rotatable bonds is 6. The molecule has 160 valence electrons. The highest BCUT2D eigenvalue weighted by Crippen LogP contribution is 2.19. The standard InChI is InChI=1S/C18H28F3N5O.HI/c1-12(2)26-9-13(3)15(10-26)25-17(22-4)24-8-14-5-6-23-16(7-14)27-11-18(19,20)21;/h5-7,12-13,15H,8-11H2,1-4H3,(H2,22,24,25);1H. The van der Waals surface area contributed by atoms with Crippen molar-refractivity contribution in [2.75, 3.05) is 26.7 Å². The number of aromatic nitrogens is 1. The van der Waals surface area contributed by atoms with E-state index in [2.05, 4.69) is 51.0 Å². The van der Waals surface area contributed by atoms with Crippen molar-refractivity contribution in [2.45, 2.75) is 45.6 Å². The van der Waals surface area contributed by atoms with Crippen LogP contribution in [0.15, 0.2) is 23.3 Å². The first-order chi connectivity index (χ1) is 12.7. The number of nitrogens with one attached hydrogen (secondary N) is 2. The molecule has 1 aromatic rings. The van der Waals surface area contributed by atoms with E-state index in [4.69, 9.17) is 0 Å². The minimum atomic E-state index is -4.39. The van der Waals surface area contributed by atoms with Gasteiger partial charge in [0.15, 0.2) is 12.6 Å². The van der Waals surface area contributed by atoms with Crippen LogP contribution in [0.4, 0.5) is 13.2 Å². The van der Waals surface area contributed by atoms with Crippen molar-refractivity contribution in [3.05, 3.63) is 23.9 Å². The van der Waals surface area contributed by atoms with Crippen molar-refractivity contribution in [3.8, 4) is 5.88 Å². The van der Waals surface area contributed by atoms with E-state index in [1.807, 2.05) is 0 Å². The van der Waals surface area contributed by atoms with E-state index in [-0.39, 0.29) is 29.9 Å². The smallest absolute Gasteiger partial charge is 0.422 e.